The van der Waals surface area contributed by atoms with E-state index in [0.717, 1.165) is 26.2 Å². The SMILES string of the molecule is CCN(CC)C(=O)CN1CCN(c2cnn(-c3ccccc3)c(=O)c2Cl)CC1. The first kappa shape index (κ1) is 20.4. The summed E-state index contributed by atoms with van der Waals surface area (Å²) in [6.07, 6.45) is 1.65. The Bertz CT molecular complexity index is 859. The number of likely N-dealkylation sites (N-methyl/N-ethyl adjacent to an activating group) is 1. The first-order valence-electron chi connectivity index (χ1n) is 9.63. The number of aromatic nitrogens is 2. The molecule has 1 aliphatic heterocycles. The van der Waals surface area contributed by atoms with E-state index < -0.39 is 0 Å². The maximum absolute atomic E-state index is 12.7. The maximum Gasteiger partial charge on any atom is 0.292 e. The molecule has 2 heterocycles. The number of rotatable bonds is 6. The van der Waals surface area contributed by atoms with Crippen LogP contribution in [0.25, 0.3) is 5.69 Å². The second-order valence-corrected chi connectivity index (χ2v) is 7.10. The van der Waals surface area contributed by atoms with E-state index in [0.29, 0.717) is 31.0 Å². The molecule has 1 amide bonds. The molecular formula is C20H26ClN5O2. The lowest BCUT2D eigenvalue weighted by atomic mass is 10.2. The number of benzene rings is 1. The zero-order valence-corrected chi connectivity index (χ0v) is 17.1. The highest BCUT2D eigenvalue weighted by Gasteiger charge is 2.23. The molecule has 0 bridgehead atoms. The van der Waals surface area contributed by atoms with Gasteiger partial charge in [-0.3, -0.25) is 14.5 Å². The molecule has 1 aliphatic rings. The third-order valence-corrected chi connectivity index (χ3v) is 5.44. The predicted octanol–water partition coefficient (Wildman–Crippen LogP) is 1.88. The minimum absolute atomic E-state index is 0.156. The molecule has 7 nitrogen and oxygen atoms in total. The van der Waals surface area contributed by atoms with Gasteiger partial charge in [-0.05, 0) is 26.0 Å². The predicted molar refractivity (Wildman–Crippen MR) is 111 cm³/mol. The molecule has 0 unspecified atom stereocenters. The number of amides is 1. The molecule has 0 radical (unpaired) electrons. The highest BCUT2D eigenvalue weighted by molar-refractivity contribution is 6.33. The largest absolute Gasteiger partial charge is 0.366 e. The summed E-state index contributed by atoms with van der Waals surface area (Å²) in [5.41, 5.74) is 0.999. The van der Waals surface area contributed by atoms with E-state index in [1.807, 2.05) is 49.1 Å². The molecule has 0 saturated carbocycles. The molecule has 150 valence electrons. The standard InChI is InChI=1S/C20H26ClN5O2/c1-3-24(4-2)18(27)15-23-10-12-25(13-11-23)17-14-22-26(20(28)19(17)21)16-8-6-5-7-9-16/h5-9,14H,3-4,10-13,15H2,1-2H3. The van der Waals surface area contributed by atoms with Gasteiger partial charge >= 0.3 is 0 Å². The minimum Gasteiger partial charge on any atom is -0.366 e. The first-order chi connectivity index (χ1) is 13.5. The van der Waals surface area contributed by atoms with Crippen molar-refractivity contribution < 1.29 is 4.79 Å². The van der Waals surface area contributed by atoms with Gasteiger partial charge in [0.25, 0.3) is 5.56 Å². The van der Waals surface area contributed by atoms with Crippen molar-refractivity contribution in [2.45, 2.75) is 13.8 Å². The lowest BCUT2D eigenvalue weighted by Crippen LogP contribution is -2.50. The van der Waals surface area contributed by atoms with E-state index >= 15 is 0 Å². The van der Waals surface area contributed by atoms with Crippen LogP contribution in [0.3, 0.4) is 0 Å². The fraction of sp³-hybridized carbons (Fsp3) is 0.450. The third-order valence-electron chi connectivity index (χ3n) is 5.09. The van der Waals surface area contributed by atoms with Crippen LogP contribution in [0.2, 0.25) is 5.02 Å². The van der Waals surface area contributed by atoms with E-state index in [1.165, 1.54) is 4.68 Å². The maximum atomic E-state index is 12.7. The van der Waals surface area contributed by atoms with E-state index in [-0.39, 0.29) is 16.5 Å². The molecule has 0 atom stereocenters. The number of carbonyl (C=O) groups is 1. The van der Waals surface area contributed by atoms with Crippen molar-refractivity contribution in [2.75, 3.05) is 50.7 Å². The second-order valence-electron chi connectivity index (χ2n) is 6.73. The summed E-state index contributed by atoms with van der Waals surface area (Å²) < 4.78 is 1.31. The molecule has 1 aromatic heterocycles. The molecule has 1 aromatic carbocycles. The summed E-state index contributed by atoms with van der Waals surface area (Å²) in [4.78, 5) is 31.0. The molecule has 0 spiro atoms. The average molecular weight is 404 g/mol. The Hall–Kier alpha value is -2.38. The zero-order chi connectivity index (χ0) is 20.1. The van der Waals surface area contributed by atoms with E-state index in [4.69, 9.17) is 11.6 Å². The topological polar surface area (TPSA) is 61.7 Å². The van der Waals surface area contributed by atoms with Crippen molar-refractivity contribution >= 4 is 23.2 Å². The zero-order valence-electron chi connectivity index (χ0n) is 16.3. The van der Waals surface area contributed by atoms with Gasteiger partial charge in [0, 0.05) is 39.3 Å². The molecule has 28 heavy (non-hydrogen) atoms. The molecule has 8 heteroatoms. The Morgan fingerprint density at radius 1 is 1.11 bits per heavy atom. The monoisotopic (exact) mass is 403 g/mol. The number of para-hydroxylation sites is 1. The summed E-state index contributed by atoms with van der Waals surface area (Å²) in [5, 5.41) is 4.47. The molecule has 1 saturated heterocycles. The van der Waals surface area contributed by atoms with Gasteiger partial charge in [0.2, 0.25) is 5.91 Å². The van der Waals surface area contributed by atoms with Gasteiger partial charge in [-0.1, -0.05) is 29.8 Å². The fourth-order valence-electron chi connectivity index (χ4n) is 3.41. The van der Waals surface area contributed by atoms with E-state index in [2.05, 4.69) is 14.9 Å². The highest BCUT2D eigenvalue weighted by Crippen LogP contribution is 2.23. The fourth-order valence-corrected chi connectivity index (χ4v) is 3.66. The smallest absolute Gasteiger partial charge is 0.292 e. The normalized spacial score (nSPS) is 14.9. The molecule has 0 aliphatic carbocycles. The van der Waals surface area contributed by atoms with Crippen LogP contribution >= 0.6 is 11.6 Å². The van der Waals surface area contributed by atoms with Gasteiger partial charge in [-0.2, -0.15) is 9.78 Å². The van der Waals surface area contributed by atoms with E-state index in [9.17, 15) is 9.59 Å². The van der Waals surface area contributed by atoms with Gasteiger partial charge in [0.05, 0.1) is 24.1 Å². The summed E-state index contributed by atoms with van der Waals surface area (Å²) in [6.45, 7) is 8.75. The Labute approximate surface area is 170 Å². The highest BCUT2D eigenvalue weighted by atomic mass is 35.5. The second kappa shape index (κ2) is 9.21. The molecule has 3 rings (SSSR count). The molecule has 1 fully saturated rings. The minimum atomic E-state index is -0.329. The number of halogens is 1. The molecular weight excluding hydrogens is 378 g/mol. The van der Waals surface area contributed by atoms with Crippen molar-refractivity contribution in [1.29, 1.82) is 0 Å². The lowest BCUT2D eigenvalue weighted by molar-refractivity contribution is -0.132. The Kier molecular flexibility index (Phi) is 6.70. The van der Waals surface area contributed by atoms with Gasteiger partial charge < -0.3 is 9.80 Å². The van der Waals surface area contributed by atoms with E-state index in [1.54, 1.807) is 6.20 Å². The summed E-state index contributed by atoms with van der Waals surface area (Å²) in [5.74, 6) is 0.156. The average Bonchev–Trinajstić information content (AvgIpc) is 2.72. The summed E-state index contributed by atoms with van der Waals surface area (Å²) in [7, 11) is 0. The van der Waals surface area contributed by atoms with Crippen LogP contribution in [0.15, 0.2) is 41.3 Å². The van der Waals surface area contributed by atoms with Gasteiger partial charge in [0.15, 0.2) is 0 Å². The van der Waals surface area contributed by atoms with Crippen molar-refractivity contribution in [3.8, 4) is 5.69 Å². The van der Waals surface area contributed by atoms with Gasteiger partial charge in [-0.15, -0.1) is 0 Å². The van der Waals surface area contributed by atoms with Crippen LogP contribution in [0.1, 0.15) is 13.8 Å². The third kappa shape index (κ3) is 4.36. The van der Waals surface area contributed by atoms with Crippen LogP contribution in [0.4, 0.5) is 5.69 Å². The first-order valence-corrected chi connectivity index (χ1v) is 10.0. The Morgan fingerprint density at radius 2 is 1.75 bits per heavy atom. The van der Waals surface area contributed by atoms with Crippen LogP contribution in [-0.4, -0.2) is 71.3 Å². The van der Waals surface area contributed by atoms with Gasteiger partial charge in [0.1, 0.15) is 5.02 Å². The van der Waals surface area contributed by atoms with Crippen LogP contribution in [0.5, 0.6) is 0 Å². The van der Waals surface area contributed by atoms with Crippen LogP contribution in [-0.2, 0) is 4.79 Å². The van der Waals surface area contributed by atoms with Crippen molar-refractivity contribution in [1.82, 2.24) is 19.6 Å². The summed E-state index contributed by atoms with van der Waals surface area (Å²) >= 11 is 6.39. The van der Waals surface area contributed by atoms with Crippen LogP contribution < -0.4 is 10.5 Å². The molecule has 0 N–H and O–H groups in total. The quantitative estimate of drug-likeness (QED) is 0.737. The number of piperazine rings is 1. The number of carbonyl (C=O) groups excluding carboxylic acids is 1. The van der Waals surface area contributed by atoms with Crippen LogP contribution in [0, 0.1) is 0 Å². The number of anilines is 1. The lowest BCUT2D eigenvalue weighted by Gasteiger charge is -2.36. The number of nitrogens with zero attached hydrogens (tertiary/aromatic N) is 5. The Morgan fingerprint density at radius 3 is 2.36 bits per heavy atom. The molecule has 2 aromatic rings. The van der Waals surface area contributed by atoms with Gasteiger partial charge in [-0.25, -0.2) is 0 Å². The Balaban J connectivity index is 1.67. The van der Waals surface area contributed by atoms with Crippen molar-refractivity contribution in [3.63, 3.8) is 0 Å². The number of hydrogen-bond acceptors (Lipinski definition) is 5. The van der Waals surface area contributed by atoms with Crippen molar-refractivity contribution in [3.05, 3.63) is 51.9 Å². The van der Waals surface area contributed by atoms with Crippen molar-refractivity contribution in [2.24, 2.45) is 0 Å². The number of hydrogen-bond donors (Lipinski definition) is 0. The summed E-state index contributed by atoms with van der Waals surface area (Å²) in [6, 6.07) is 9.22.